The molecule has 0 aromatic carbocycles. The van der Waals surface area contributed by atoms with E-state index in [1.165, 1.54) is 6.42 Å². The van der Waals surface area contributed by atoms with Crippen molar-refractivity contribution in [3.63, 3.8) is 0 Å². The zero-order valence-electron chi connectivity index (χ0n) is 4.59. The first-order valence-corrected chi connectivity index (χ1v) is 3.06. The van der Waals surface area contributed by atoms with Gasteiger partial charge < -0.3 is 0 Å². The van der Waals surface area contributed by atoms with Crippen molar-refractivity contribution in [1.82, 2.24) is 5.32 Å². The molecule has 1 saturated heterocycles. The fourth-order valence-corrected chi connectivity index (χ4v) is 1.43. The molecule has 1 N–H and O–H groups in total. The van der Waals surface area contributed by atoms with Crippen molar-refractivity contribution in [2.75, 3.05) is 0 Å². The van der Waals surface area contributed by atoms with Gasteiger partial charge in [0.1, 0.15) is 0 Å². The van der Waals surface area contributed by atoms with Gasteiger partial charge in [-0.05, 0) is 18.8 Å². The third-order valence-corrected chi connectivity index (χ3v) is 2.03. The molecule has 2 fully saturated rings. The van der Waals surface area contributed by atoms with E-state index < -0.39 is 0 Å². The summed E-state index contributed by atoms with van der Waals surface area (Å²) in [5.41, 5.74) is 0. The van der Waals surface area contributed by atoms with Crippen LogP contribution in [0.25, 0.3) is 0 Å². The van der Waals surface area contributed by atoms with Crippen LogP contribution in [-0.4, -0.2) is 12.1 Å². The van der Waals surface area contributed by atoms with Gasteiger partial charge >= 0.3 is 0 Å². The van der Waals surface area contributed by atoms with Crippen molar-refractivity contribution in [2.45, 2.75) is 24.9 Å². The topological polar surface area (TPSA) is 35.8 Å². The molecular formula is C6H8N2. The number of rotatable bonds is 0. The smallest absolute Gasteiger partial charge is 0.0958 e. The van der Waals surface area contributed by atoms with Crippen LogP contribution in [0.5, 0.6) is 0 Å². The number of nitriles is 1. The highest BCUT2D eigenvalue weighted by Gasteiger charge is 2.45. The highest BCUT2D eigenvalue weighted by atomic mass is 15.0. The third-order valence-electron chi connectivity index (χ3n) is 2.03. The van der Waals surface area contributed by atoms with Crippen LogP contribution in [-0.2, 0) is 0 Å². The standard InChI is InChI=1S/C6H8N2/c7-3-5-1-4-2-6(4)8-5/h4-6,8H,1-2H2/t4-,5?,6+/m0/s1. The number of hydrogen-bond donors (Lipinski definition) is 1. The van der Waals surface area contributed by atoms with Gasteiger partial charge in [0.25, 0.3) is 0 Å². The molecule has 42 valence electrons. The molecule has 0 bridgehead atoms. The lowest BCUT2D eigenvalue weighted by Crippen LogP contribution is -2.23. The average molecular weight is 108 g/mol. The van der Waals surface area contributed by atoms with Crippen LogP contribution in [0.2, 0.25) is 0 Å². The Kier molecular flexibility index (Phi) is 0.671. The molecule has 0 amide bonds. The van der Waals surface area contributed by atoms with Crippen molar-refractivity contribution >= 4 is 0 Å². The molecule has 1 unspecified atom stereocenters. The van der Waals surface area contributed by atoms with Crippen LogP contribution in [0.4, 0.5) is 0 Å². The third kappa shape index (κ3) is 0.452. The monoisotopic (exact) mass is 108 g/mol. The van der Waals surface area contributed by atoms with Gasteiger partial charge in [-0.25, -0.2) is 0 Å². The SMILES string of the molecule is N#CC1C[C@H]2C[C@H]2N1. The molecule has 1 aliphatic heterocycles. The van der Waals surface area contributed by atoms with Gasteiger partial charge in [-0.1, -0.05) is 0 Å². The Labute approximate surface area is 48.5 Å². The fraction of sp³-hybridized carbons (Fsp3) is 0.833. The minimum atomic E-state index is 0.179. The van der Waals surface area contributed by atoms with Gasteiger partial charge in [0.15, 0.2) is 0 Å². The Bertz CT molecular complexity index is 137. The van der Waals surface area contributed by atoms with Gasteiger partial charge in [-0.2, -0.15) is 5.26 Å². The zero-order valence-corrected chi connectivity index (χ0v) is 4.59. The average Bonchev–Trinajstić information content (AvgIpc) is 2.40. The number of piperidine rings is 1. The molecule has 1 aliphatic carbocycles. The first-order valence-electron chi connectivity index (χ1n) is 3.06. The molecule has 2 heteroatoms. The molecule has 0 aromatic rings. The number of fused-ring (bicyclic) bond motifs is 1. The summed E-state index contributed by atoms with van der Waals surface area (Å²) in [6.07, 6.45) is 2.42. The second kappa shape index (κ2) is 1.24. The van der Waals surface area contributed by atoms with Crippen molar-refractivity contribution in [2.24, 2.45) is 5.92 Å². The van der Waals surface area contributed by atoms with Crippen molar-refractivity contribution < 1.29 is 0 Å². The molecule has 2 nitrogen and oxygen atoms in total. The second-order valence-corrected chi connectivity index (χ2v) is 2.69. The first kappa shape index (κ1) is 4.34. The largest absolute Gasteiger partial charge is 0.299 e. The van der Waals surface area contributed by atoms with E-state index in [0.29, 0.717) is 0 Å². The Morgan fingerprint density at radius 3 is 2.75 bits per heavy atom. The lowest BCUT2D eigenvalue weighted by molar-refractivity contribution is 0.643. The van der Waals surface area contributed by atoms with E-state index in [-0.39, 0.29) is 6.04 Å². The van der Waals surface area contributed by atoms with E-state index in [9.17, 15) is 0 Å². The van der Waals surface area contributed by atoms with Crippen molar-refractivity contribution in [3.05, 3.63) is 0 Å². The van der Waals surface area contributed by atoms with Crippen LogP contribution in [0.1, 0.15) is 12.8 Å². The number of nitrogens with one attached hydrogen (secondary N) is 1. The highest BCUT2D eigenvalue weighted by molar-refractivity contribution is 5.09. The summed E-state index contributed by atoms with van der Waals surface area (Å²) in [6, 6.07) is 3.11. The predicted molar refractivity (Wildman–Crippen MR) is 29.0 cm³/mol. The van der Waals surface area contributed by atoms with E-state index in [0.717, 1.165) is 18.4 Å². The molecule has 0 spiro atoms. The Hall–Kier alpha value is -0.550. The molecule has 0 radical (unpaired) electrons. The van der Waals surface area contributed by atoms with E-state index in [1.54, 1.807) is 0 Å². The summed E-state index contributed by atoms with van der Waals surface area (Å²) in [5, 5.41) is 11.6. The molecule has 3 atom stereocenters. The molecule has 1 heterocycles. The maximum Gasteiger partial charge on any atom is 0.0958 e. The second-order valence-electron chi connectivity index (χ2n) is 2.69. The van der Waals surface area contributed by atoms with Gasteiger partial charge in [-0.3, -0.25) is 5.32 Å². The van der Waals surface area contributed by atoms with Crippen molar-refractivity contribution in [1.29, 1.82) is 5.26 Å². The van der Waals surface area contributed by atoms with E-state index in [1.807, 2.05) is 0 Å². The maximum absolute atomic E-state index is 8.39. The lowest BCUT2D eigenvalue weighted by Gasteiger charge is -1.98. The Morgan fingerprint density at radius 1 is 1.50 bits per heavy atom. The number of hydrogen-bond acceptors (Lipinski definition) is 2. The zero-order chi connectivity index (χ0) is 5.56. The van der Waals surface area contributed by atoms with Gasteiger partial charge in [0.05, 0.1) is 12.1 Å². The van der Waals surface area contributed by atoms with Gasteiger partial charge in [-0.15, -0.1) is 0 Å². The minimum Gasteiger partial charge on any atom is -0.299 e. The fourth-order valence-electron chi connectivity index (χ4n) is 1.43. The Morgan fingerprint density at radius 2 is 2.38 bits per heavy atom. The van der Waals surface area contributed by atoms with Crippen LogP contribution >= 0.6 is 0 Å². The first-order chi connectivity index (χ1) is 3.90. The molecular weight excluding hydrogens is 100 g/mol. The summed E-state index contributed by atoms with van der Waals surface area (Å²) in [5.74, 6) is 0.861. The summed E-state index contributed by atoms with van der Waals surface area (Å²) in [4.78, 5) is 0. The minimum absolute atomic E-state index is 0.179. The van der Waals surface area contributed by atoms with Crippen LogP contribution < -0.4 is 5.32 Å². The maximum atomic E-state index is 8.39. The predicted octanol–water partition coefficient (Wildman–Crippen LogP) is 0.260. The van der Waals surface area contributed by atoms with E-state index in [2.05, 4.69) is 11.4 Å². The quantitative estimate of drug-likeness (QED) is 0.483. The van der Waals surface area contributed by atoms with Crippen LogP contribution in [0.3, 0.4) is 0 Å². The molecule has 2 rings (SSSR count). The highest BCUT2D eigenvalue weighted by Crippen LogP contribution is 2.40. The molecule has 1 saturated carbocycles. The number of nitrogens with zero attached hydrogens (tertiary/aromatic N) is 1. The van der Waals surface area contributed by atoms with E-state index >= 15 is 0 Å². The molecule has 0 aromatic heterocycles. The van der Waals surface area contributed by atoms with Crippen LogP contribution in [0.15, 0.2) is 0 Å². The van der Waals surface area contributed by atoms with Crippen LogP contribution in [0, 0.1) is 17.2 Å². The Balaban J connectivity index is 2.01. The normalized spacial score (nSPS) is 50.1. The van der Waals surface area contributed by atoms with Gasteiger partial charge in [0, 0.05) is 6.04 Å². The summed E-state index contributed by atoms with van der Waals surface area (Å²) in [7, 11) is 0. The van der Waals surface area contributed by atoms with E-state index in [4.69, 9.17) is 5.26 Å². The molecule has 8 heavy (non-hydrogen) atoms. The summed E-state index contributed by atoms with van der Waals surface area (Å²) < 4.78 is 0. The van der Waals surface area contributed by atoms with Crippen molar-refractivity contribution in [3.8, 4) is 6.07 Å². The summed E-state index contributed by atoms with van der Waals surface area (Å²) in [6.45, 7) is 0. The lowest BCUT2D eigenvalue weighted by atomic mass is 10.2. The molecule has 2 aliphatic rings. The summed E-state index contributed by atoms with van der Waals surface area (Å²) >= 11 is 0. The van der Waals surface area contributed by atoms with Gasteiger partial charge in [0.2, 0.25) is 0 Å².